The third-order valence-corrected chi connectivity index (χ3v) is 8.10. The lowest BCUT2D eigenvalue weighted by Gasteiger charge is -2.20. The zero-order valence-electron chi connectivity index (χ0n) is 23.5. The molecule has 3 aromatic heterocycles. The Labute approximate surface area is 230 Å². The lowest BCUT2D eigenvalue weighted by Crippen LogP contribution is -2.27. The van der Waals surface area contributed by atoms with Gasteiger partial charge in [-0.15, -0.1) is 0 Å². The zero-order valence-corrected chi connectivity index (χ0v) is 23.5. The molecule has 4 aromatic rings. The third kappa shape index (κ3) is 5.13. The highest BCUT2D eigenvalue weighted by Gasteiger charge is 2.29. The first-order valence-corrected chi connectivity index (χ1v) is 13.9. The van der Waals surface area contributed by atoms with Crippen molar-refractivity contribution in [1.82, 2.24) is 29.3 Å². The maximum atomic E-state index is 13.9. The molecule has 1 atom stereocenters. The minimum atomic E-state index is -0.0382. The number of hydrogen-bond donors (Lipinski definition) is 1. The molecule has 6 rings (SSSR count). The van der Waals surface area contributed by atoms with Crippen LogP contribution in [0.1, 0.15) is 58.3 Å². The smallest absolute Gasteiger partial charge is 0.254 e. The number of nitrogens with zero attached hydrogens (tertiary/aromatic N) is 6. The second-order valence-electron chi connectivity index (χ2n) is 11.4. The molecule has 0 spiro atoms. The average Bonchev–Trinajstić information content (AvgIpc) is 3.58. The molecule has 1 unspecified atom stereocenters. The van der Waals surface area contributed by atoms with Crippen LogP contribution in [0.2, 0.25) is 0 Å². The molecule has 0 bridgehead atoms. The first kappa shape index (κ1) is 25.5. The Morgan fingerprint density at radius 3 is 2.59 bits per heavy atom. The molecule has 1 aliphatic heterocycles. The van der Waals surface area contributed by atoms with Gasteiger partial charge >= 0.3 is 0 Å². The minimum absolute atomic E-state index is 0.0382. The maximum Gasteiger partial charge on any atom is 0.254 e. The first-order chi connectivity index (χ1) is 18.8. The van der Waals surface area contributed by atoms with Gasteiger partial charge in [-0.2, -0.15) is 0 Å². The number of likely N-dealkylation sites (N-methyl/N-ethyl adjacent to an activating group) is 1. The number of carbonyl (C=O) groups is 1. The third-order valence-electron chi connectivity index (χ3n) is 8.10. The predicted octanol–water partition coefficient (Wildman–Crippen LogP) is 4.91. The van der Waals surface area contributed by atoms with E-state index < -0.39 is 0 Å². The van der Waals surface area contributed by atoms with Gasteiger partial charge in [0.2, 0.25) is 0 Å². The molecule has 39 heavy (non-hydrogen) atoms. The number of likely N-dealkylation sites (tertiary alicyclic amines) is 1. The van der Waals surface area contributed by atoms with Crippen LogP contribution in [0.4, 0.5) is 5.69 Å². The molecule has 1 N–H and O–H groups in total. The molecule has 2 fully saturated rings. The van der Waals surface area contributed by atoms with Gasteiger partial charge in [-0.1, -0.05) is 11.6 Å². The van der Waals surface area contributed by atoms with E-state index in [0.717, 1.165) is 64.6 Å². The summed E-state index contributed by atoms with van der Waals surface area (Å²) in [7, 11) is 6.06. The Morgan fingerprint density at radius 2 is 1.87 bits per heavy atom. The number of pyridine rings is 2. The van der Waals surface area contributed by atoms with Crippen LogP contribution in [-0.4, -0.2) is 68.5 Å². The van der Waals surface area contributed by atoms with E-state index in [1.54, 1.807) is 4.90 Å². The second kappa shape index (κ2) is 10.1. The summed E-state index contributed by atoms with van der Waals surface area (Å²) in [6.07, 6.45) is 5.44. The number of carbonyl (C=O) groups excluding carboxylic acids is 1. The summed E-state index contributed by atoms with van der Waals surface area (Å²) in [5, 5.41) is 4.51. The van der Waals surface area contributed by atoms with Crippen LogP contribution in [0.5, 0.6) is 0 Å². The number of amides is 1. The lowest BCUT2D eigenvalue weighted by atomic mass is 10.0. The Kier molecular flexibility index (Phi) is 6.59. The van der Waals surface area contributed by atoms with Crippen molar-refractivity contribution in [2.45, 2.75) is 51.6 Å². The molecular weight excluding hydrogens is 486 g/mol. The number of rotatable bonds is 7. The summed E-state index contributed by atoms with van der Waals surface area (Å²) >= 11 is 0. The molecule has 8 heteroatoms. The number of aryl methyl sites for hydroxylation is 2. The van der Waals surface area contributed by atoms with Crippen molar-refractivity contribution in [3.63, 3.8) is 0 Å². The predicted molar refractivity (Wildman–Crippen MR) is 155 cm³/mol. The highest BCUT2D eigenvalue weighted by atomic mass is 16.2. The van der Waals surface area contributed by atoms with E-state index in [2.05, 4.69) is 39.9 Å². The topological polar surface area (TPSA) is 79.2 Å². The highest BCUT2D eigenvalue weighted by Crippen LogP contribution is 2.39. The van der Waals surface area contributed by atoms with Crippen molar-refractivity contribution in [2.24, 2.45) is 7.05 Å². The van der Waals surface area contributed by atoms with Crippen LogP contribution in [0.25, 0.3) is 22.3 Å². The molecule has 1 saturated heterocycles. The largest absolute Gasteiger partial charge is 0.380 e. The van der Waals surface area contributed by atoms with E-state index in [9.17, 15) is 4.79 Å². The molecular formula is C31H37N7O. The number of aromatic nitrogens is 4. The monoisotopic (exact) mass is 523 g/mol. The van der Waals surface area contributed by atoms with E-state index in [1.165, 1.54) is 12.8 Å². The fourth-order valence-corrected chi connectivity index (χ4v) is 5.63. The standard InChI is InChI=1S/C31H37N7O/c1-19-6-9-27-24(14-19)25(31(39)37(4)18-23-16-32-30(38(23)5)21-7-8-21)15-29(35-27)28-11-10-26(20(2)33-28)34-22-12-13-36(3)17-22/h6,9-11,14-16,21-22,34H,7-8,12-13,17-18H2,1-5H3. The summed E-state index contributed by atoms with van der Waals surface area (Å²) in [6.45, 7) is 6.70. The zero-order chi connectivity index (χ0) is 27.3. The molecule has 202 valence electrons. The molecule has 1 amide bonds. The molecule has 8 nitrogen and oxygen atoms in total. The van der Waals surface area contributed by atoms with Gasteiger partial charge in [-0.25, -0.2) is 15.0 Å². The Bertz CT molecular complexity index is 1550. The van der Waals surface area contributed by atoms with E-state index in [4.69, 9.17) is 9.97 Å². The fourth-order valence-electron chi connectivity index (χ4n) is 5.63. The van der Waals surface area contributed by atoms with Crippen molar-refractivity contribution in [3.05, 3.63) is 70.9 Å². The number of fused-ring (bicyclic) bond motifs is 1. The second-order valence-corrected chi connectivity index (χ2v) is 11.4. The van der Waals surface area contributed by atoms with Gasteiger partial charge in [0.15, 0.2) is 0 Å². The normalized spacial score (nSPS) is 17.6. The van der Waals surface area contributed by atoms with Crippen molar-refractivity contribution < 1.29 is 4.79 Å². The molecule has 1 aromatic carbocycles. The molecule has 4 heterocycles. The van der Waals surface area contributed by atoms with Crippen molar-refractivity contribution >= 4 is 22.5 Å². The lowest BCUT2D eigenvalue weighted by molar-refractivity contribution is 0.0784. The van der Waals surface area contributed by atoms with Gasteiger partial charge in [-0.05, 0) is 77.0 Å². The van der Waals surface area contributed by atoms with E-state index in [-0.39, 0.29) is 5.91 Å². The summed E-state index contributed by atoms with van der Waals surface area (Å²) in [5.74, 6) is 1.65. The summed E-state index contributed by atoms with van der Waals surface area (Å²) in [5.41, 5.74) is 7.02. The summed E-state index contributed by atoms with van der Waals surface area (Å²) in [4.78, 5) is 32.5. The van der Waals surface area contributed by atoms with Crippen LogP contribution in [0, 0.1) is 13.8 Å². The van der Waals surface area contributed by atoms with E-state index in [0.29, 0.717) is 29.8 Å². The van der Waals surface area contributed by atoms with Gasteiger partial charge < -0.3 is 19.7 Å². The van der Waals surface area contributed by atoms with Crippen LogP contribution in [-0.2, 0) is 13.6 Å². The molecule has 0 radical (unpaired) electrons. The van der Waals surface area contributed by atoms with E-state index >= 15 is 0 Å². The number of benzene rings is 1. The molecule has 2 aliphatic rings. The van der Waals surface area contributed by atoms with Crippen molar-refractivity contribution in [3.8, 4) is 11.4 Å². The average molecular weight is 524 g/mol. The first-order valence-electron chi connectivity index (χ1n) is 13.9. The number of anilines is 1. The van der Waals surface area contributed by atoms with E-state index in [1.807, 2.05) is 57.4 Å². The van der Waals surface area contributed by atoms with Gasteiger partial charge in [0.25, 0.3) is 5.91 Å². The van der Waals surface area contributed by atoms with Crippen molar-refractivity contribution in [1.29, 1.82) is 0 Å². The van der Waals surface area contributed by atoms with Gasteiger partial charge in [0, 0.05) is 38.0 Å². The minimum Gasteiger partial charge on any atom is -0.380 e. The summed E-state index contributed by atoms with van der Waals surface area (Å²) < 4.78 is 2.15. The Balaban J connectivity index is 1.31. The van der Waals surface area contributed by atoms with Crippen molar-refractivity contribution in [2.75, 3.05) is 32.5 Å². The van der Waals surface area contributed by atoms with Crippen LogP contribution in [0.3, 0.4) is 0 Å². The molecule has 1 aliphatic carbocycles. The van der Waals surface area contributed by atoms with Crippen LogP contribution in [0.15, 0.2) is 42.6 Å². The van der Waals surface area contributed by atoms with Gasteiger partial charge in [0.1, 0.15) is 5.82 Å². The van der Waals surface area contributed by atoms with Crippen LogP contribution >= 0.6 is 0 Å². The van der Waals surface area contributed by atoms with Gasteiger partial charge in [-0.3, -0.25) is 4.79 Å². The Hall–Kier alpha value is -3.78. The maximum absolute atomic E-state index is 13.9. The number of imidazole rings is 1. The van der Waals surface area contributed by atoms with Crippen LogP contribution < -0.4 is 5.32 Å². The SMILES string of the molecule is Cc1ccc2nc(-c3ccc(NC4CCN(C)C4)c(C)n3)cc(C(=O)N(C)Cc3cnc(C4CC4)n3C)c2c1. The Morgan fingerprint density at radius 1 is 1.05 bits per heavy atom. The number of nitrogens with one attached hydrogen (secondary N) is 1. The highest BCUT2D eigenvalue weighted by molar-refractivity contribution is 6.07. The molecule has 1 saturated carbocycles. The quantitative estimate of drug-likeness (QED) is 0.371. The fraction of sp³-hybridized carbons (Fsp3) is 0.419. The number of hydrogen-bond acceptors (Lipinski definition) is 6. The summed E-state index contributed by atoms with van der Waals surface area (Å²) in [6, 6.07) is 12.5. The van der Waals surface area contributed by atoms with Gasteiger partial charge in [0.05, 0.1) is 52.3 Å².